The van der Waals surface area contributed by atoms with Gasteiger partial charge in [0, 0.05) is 16.4 Å². The Kier molecular flexibility index (Phi) is 5.31. The molecule has 0 aliphatic carbocycles. The van der Waals surface area contributed by atoms with Gasteiger partial charge in [-0.3, -0.25) is 4.79 Å². The van der Waals surface area contributed by atoms with E-state index >= 15 is 0 Å². The van der Waals surface area contributed by atoms with Gasteiger partial charge in [0.25, 0.3) is 5.91 Å². The van der Waals surface area contributed by atoms with Crippen molar-refractivity contribution in [2.75, 3.05) is 5.32 Å². The van der Waals surface area contributed by atoms with Crippen LogP contribution in [-0.2, 0) is 6.42 Å². The SMILES string of the molecule is CCc1cccc(NC(=O)c2cc(C)nc3c2c(C)nn3-c2cccc(Cl)c2C)c1. The third kappa shape index (κ3) is 3.57. The maximum atomic E-state index is 13.2. The Labute approximate surface area is 180 Å². The summed E-state index contributed by atoms with van der Waals surface area (Å²) >= 11 is 6.32. The van der Waals surface area contributed by atoms with E-state index in [1.807, 2.05) is 69.3 Å². The zero-order chi connectivity index (χ0) is 21.4. The van der Waals surface area contributed by atoms with Gasteiger partial charge in [0.05, 0.1) is 22.3 Å². The molecule has 0 aliphatic rings. The van der Waals surface area contributed by atoms with Gasteiger partial charge in [-0.05, 0) is 68.7 Å². The molecule has 5 nitrogen and oxygen atoms in total. The molecule has 0 unspecified atom stereocenters. The number of anilines is 1. The second kappa shape index (κ2) is 7.92. The van der Waals surface area contributed by atoms with Crippen LogP contribution in [0.15, 0.2) is 48.5 Å². The highest BCUT2D eigenvalue weighted by Crippen LogP contribution is 2.29. The fraction of sp³-hybridized carbons (Fsp3) is 0.208. The molecule has 4 rings (SSSR count). The number of hydrogen-bond acceptors (Lipinski definition) is 3. The summed E-state index contributed by atoms with van der Waals surface area (Å²) in [7, 11) is 0. The third-order valence-corrected chi connectivity index (χ3v) is 5.66. The van der Waals surface area contributed by atoms with Gasteiger partial charge in [-0.2, -0.15) is 5.10 Å². The summed E-state index contributed by atoms with van der Waals surface area (Å²) in [5, 5.41) is 9.12. The van der Waals surface area contributed by atoms with E-state index in [0.717, 1.165) is 40.1 Å². The zero-order valence-corrected chi connectivity index (χ0v) is 18.2. The number of pyridine rings is 1. The van der Waals surface area contributed by atoms with Crippen LogP contribution in [0.2, 0.25) is 5.02 Å². The molecule has 2 heterocycles. The largest absolute Gasteiger partial charge is 0.322 e. The Morgan fingerprint density at radius 2 is 1.87 bits per heavy atom. The van der Waals surface area contributed by atoms with E-state index in [4.69, 9.17) is 21.7 Å². The summed E-state index contributed by atoms with van der Waals surface area (Å²) in [6.07, 6.45) is 0.910. The van der Waals surface area contributed by atoms with Gasteiger partial charge in [0.15, 0.2) is 5.65 Å². The number of carbonyl (C=O) groups is 1. The number of aromatic nitrogens is 3. The molecule has 1 N–H and O–H groups in total. The molecule has 0 aliphatic heterocycles. The highest BCUT2D eigenvalue weighted by molar-refractivity contribution is 6.31. The molecule has 4 aromatic rings. The van der Waals surface area contributed by atoms with E-state index in [2.05, 4.69) is 12.2 Å². The van der Waals surface area contributed by atoms with Crippen molar-refractivity contribution in [3.63, 3.8) is 0 Å². The normalized spacial score (nSPS) is 11.1. The van der Waals surface area contributed by atoms with Crippen LogP contribution in [0.5, 0.6) is 0 Å². The lowest BCUT2D eigenvalue weighted by Gasteiger charge is -2.10. The molecular weight excluding hydrogens is 396 g/mol. The molecule has 0 radical (unpaired) electrons. The van der Waals surface area contributed by atoms with E-state index in [9.17, 15) is 4.79 Å². The van der Waals surface area contributed by atoms with Gasteiger partial charge in [-0.25, -0.2) is 9.67 Å². The lowest BCUT2D eigenvalue weighted by atomic mass is 10.1. The number of benzene rings is 2. The van der Waals surface area contributed by atoms with Crippen LogP contribution in [-0.4, -0.2) is 20.7 Å². The molecule has 0 saturated heterocycles. The fourth-order valence-electron chi connectivity index (χ4n) is 3.65. The molecule has 2 aromatic heterocycles. The molecule has 0 bridgehead atoms. The number of amides is 1. The highest BCUT2D eigenvalue weighted by Gasteiger charge is 2.20. The van der Waals surface area contributed by atoms with Crippen molar-refractivity contribution in [3.05, 3.63) is 81.6 Å². The molecule has 0 saturated carbocycles. The molecule has 152 valence electrons. The molecule has 6 heteroatoms. The monoisotopic (exact) mass is 418 g/mol. The van der Waals surface area contributed by atoms with Crippen molar-refractivity contribution in [1.29, 1.82) is 0 Å². The smallest absolute Gasteiger partial charge is 0.256 e. The fourth-order valence-corrected chi connectivity index (χ4v) is 3.82. The number of rotatable bonds is 4. The first-order chi connectivity index (χ1) is 14.4. The lowest BCUT2D eigenvalue weighted by molar-refractivity contribution is 0.102. The molecule has 2 aromatic carbocycles. The maximum absolute atomic E-state index is 13.2. The number of fused-ring (bicyclic) bond motifs is 1. The molecule has 0 atom stereocenters. The van der Waals surface area contributed by atoms with Crippen molar-refractivity contribution in [2.24, 2.45) is 0 Å². The van der Waals surface area contributed by atoms with Crippen LogP contribution in [0.1, 0.15) is 39.8 Å². The number of nitrogens with one attached hydrogen (secondary N) is 1. The minimum Gasteiger partial charge on any atom is -0.322 e. The summed E-state index contributed by atoms with van der Waals surface area (Å²) in [5.41, 5.74) is 6.39. The molecule has 30 heavy (non-hydrogen) atoms. The minimum absolute atomic E-state index is 0.177. The summed E-state index contributed by atoms with van der Waals surface area (Å²) in [6.45, 7) is 7.81. The van der Waals surface area contributed by atoms with E-state index in [-0.39, 0.29) is 5.91 Å². The van der Waals surface area contributed by atoms with Crippen LogP contribution in [0.3, 0.4) is 0 Å². The molecule has 1 amide bonds. The summed E-state index contributed by atoms with van der Waals surface area (Å²) in [5.74, 6) is -0.177. The highest BCUT2D eigenvalue weighted by atomic mass is 35.5. The summed E-state index contributed by atoms with van der Waals surface area (Å²) in [6, 6.07) is 15.4. The van der Waals surface area contributed by atoms with Crippen LogP contribution >= 0.6 is 11.6 Å². The number of hydrogen-bond donors (Lipinski definition) is 1. The van der Waals surface area contributed by atoms with Crippen LogP contribution in [0.25, 0.3) is 16.7 Å². The minimum atomic E-state index is -0.177. The summed E-state index contributed by atoms with van der Waals surface area (Å²) in [4.78, 5) is 17.9. The third-order valence-electron chi connectivity index (χ3n) is 5.25. The van der Waals surface area contributed by atoms with Crippen molar-refractivity contribution < 1.29 is 4.79 Å². The van der Waals surface area contributed by atoms with Gasteiger partial charge < -0.3 is 5.32 Å². The van der Waals surface area contributed by atoms with E-state index in [1.54, 1.807) is 4.68 Å². The predicted octanol–water partition coefficient (Wildman–Crippen LogP) is 5.81. The Bertz CT molecular complexity index is 1280. The number of carbonyl (C=O) groups excluding carboxylic acids is 1. The van der Waals surface area contributed by atoms with E-state index < -0.39 is 0 Å². The second-order valence-electron chi connectivity index (χ2n) is 7.40. The van der Waals surface area contributed by atoms with Crippen molar-refractivity contribution >= 4 is 34.2 Å². The van der Waals surface area contributed by atoms with Gasteiger partial charge in [0.2, 0.25) is 0 Å². The average Bonchev–Trinajstić information content (AvgIpc) is 3.05. The average molecular weight is 419 g/mol. The van der Waals surface area contributed by atoms with Crippen molar-refractivity contribution in [3.8, 4) is 5.69 Å². The standard InChI is InChI=1S/C24H23ClN4O/c1-5-17-8-6-9-18(13-17)27-24(30)19-12-14(2)26-23-22(19)16(4)28-29(23)21-11-7-10-20(25)15(21)3/h6-13H,5H2,1-4H3,(H,27,30). The van der Waals surface area contributed by atoms with Crippen LogP contribution < -0.4 is 5.32 Å². The quantitative estimate of drug-likeness (QED) is 0.454. The Morgan fingerprint density at radius 1 is 1.10 bits per heavy atom. The topological polar surface area (TPSA) is 59.8 Å². The molecule has 0 fully saturated rings. The Hall–Kier alpha value is -3.18. The van der Waals surface area contributed by atoms with Gasteiger partial charge in [0.1, 0.15) is 0 Å². The van der Waals surface area contributed by atoms with Gasteiger partial charge in [-0.15, -0.1) is 0 Å². The first kappa shape index (κ1) is 20.1. The van der Waals surface area contributed by atoms with E-state index in [0.29, 0.717) is 16.2 Å². The van der Waals surface area contributed by atoms with E-state index in [1.165, 1.54) is 5.56 Å². The lowest BCUT2D eigenvalue weighted by Crippen LogP contribution is -2.13. The zero-order valence-electron chi connectivity index (χ0n) is 17.5. The summed E-state index contributed by atoms with van der Waals surface area (Å²) < 4.78 is 1.77. The number of nitrogens with zero attached hydrogens (tertiary/aromatic N) is 3. The Morgan fingerprint density at radius 3 is 2.63 bits per heavy atom. The number of aryl methyl sites for hydroxylation is 3. The van der Waals surface area contributed by atoms with Crippen molar-refractivity contribution in [1.82, 2.24) is 14.8 Å². The van der Waals surface area contributed by atoms with Crippen LogP contribution in [0.4, 0.5) is 5.69 Å². The Balaban J connectivity index is 1.84. The predicted molar refractivity (Wildman–Crippen MR) is 122 cm³/mol. The number of halogens is 1. The van der Waals surface area contributed by atoms with Gasteiger partial charge in [-0.1, -0.05) is 36.7 Å². The van der Waals surface area contributed by atoms with Crippen LogP contribution in [0, 0.1) is 20.8 Å². The molecule has 0 spiro atoms. The van der Waals surface area contributed by atoms with Gasteiger partial charge >= 0.3 is 0 Å². The van der Waals surface area contributed by atoms with Crippen molar-refractivity contribution in [2.45, 2.75) is 34.1 Å². The first-order valence-corrected chi connectivity index (χ1v) is 10.3. The molecular formula is C24H23ClN4O. The second-order valence-corrected chi connectivity index (χ2v) is 7.81. The maximum Gasteiger partial charge on any atom is 0.256 e. The first-order valence-electron chi connectivity index (χ1n) is 9.91.